The van der Waals surface area contributed by atoms with Gasteiger partial charge in [-0.3, -0.25) is 9.59 Å². The van der Waals surface area contributed by atoms with E-state index < -0.39 is 0 Å². The highest BCUT2D eigenvalue weighted by Gasteiger charge is 2.23. The third-order valence-electron chi connectivity index (χ3n) is 3.03. The van der Waals surface area contributed by atoms with E-state index in [1.807, 2.05) is 5.38 Å². The van der Waals surface area contributed by atoms with Crippen LogP contribution in [0.25, 0.3) is 0 Å². The van der Waals surface area contributed by atoms with Crippen molar-refractivity contribution in [1.82, 2.24) is 9.88 Å². The van der Waals surface area contributed by atoms with Crippen LogP contribution in [-0.2, 0) is 9.59 Å². The standard InChI is InChI=1S/C12H18N4O2S2/c13-6-11(18)16-4-1-2-9(7-16)20-8-10(17)15-12-14-3-5-19-12/h3,5,9H,1-2,4,6-8,13H2,(H,14,15,17). The summed E-state index contributed by atoms with van der Waals surface area (Å²) < 4.78 is 0. The molecule has 2 heterocycles. The van der Waals surface area contributed by atoms with Gasteiger partial charge < -0.3 is 16.0 Å². The number of nitrogens with two attached hydrogens (primary N) is 1. The number of piperidine rings is 1. The van der Waals surface area contributed by atoms with E-state index in [2.05, 4.69) is 10.3 Å². The van der Waals surface area contributed by atoms with Crippen molar-refractivity contribution >= 4 is 40.0 Å². The van der Waals surface area contributed by atoms with E-state index in [1.165, 1.54) is 11.3 Å². The van der Waals surface area contributed by atoms with Crippen LogP contribution in [0.3, 0.4) is 0 Å². The Labute approximate surface area is 126 Å². The molecule has 0 saturated carbocycles. The number of nitrogens with zero attached hydrogens (tertiary/aromatic N) is 2. The Morgan fingerprint density at radius 3 is 3.15 bits per heavy atom. The van der Waals surface area contributed by atoms with E-state index in [0.717, 1.165) is 19.4 Å². The van der Waals surface area contributed by atoms with Crippen LogP contribution in [0.5, 0.6) is 0 Å². The second kappa shape index (κ2) is 7.61. The van der Waals surface area contributed by atoms with E-state index in [9.17, 15) is 9.59 Å². The van der Waals surface area contributed by atoms with Gasteiger partial charge in [-0.2, -0.15) is 0 Å². The number of amides is 2. The van der Waals surface area contributed by atoms with Gasteiger partial charge in [0.05, 0.1) is 12.3 Å². The van der Waals surface area contributed by atoms with Crippen LogP contribution in [0.15, 0.2) is 11.6 Å². The van der Waals surface area contributed by atoms with Crippen molar-refractivity contribution in [1.29, 1.82) is 0 Å². The molecule has 0 spiro atoms. The number of thioether (sulfide) groups is 1. The number of carbonyl (C=O) groups is 2. The maximum Gasteiger partial charge on any atom is 0.236 e. The number of anilines is 1. The van der Waals surface area contributed by atoms with Crippen LogP contribution in [0.4, 0.5) is 5.13 Å². The zero-order valence-electron chi connectivity index (χ0n) is 11.1. The van der Waals surface area contributed by atoms with E-state index >= 15 is 0 Å². The summed E-state index contributed by atoms with van der Waals surface area (Å²) in [5.74, 6) is 0.323. The summed E-state index contributed by atoms with van der Waals surface area (Å²) in [4.78, 5) is 29.1. The van der Waals surface area contributed by atoms with Crippen molar-refractivity contribution in [3.63, 3.8) is 0 Å². The summed E-state index contributed by atoms with van der Waals surface area (Å²) >= 11 is 2.99. The predicted octanol–water partition coefficient (Wildman–Crippen LogP) is 0.765. The average Bonchev–Trinajstić information content (AvgIpc) is 2.97. The van der Waals surface area contributed by atoms with E-state index in [0.29, 0.717) is 22.7 Å². The molecule has 0 radical (unpaired) electrons. The van der Waals surface area contributed by atoms with Crippen LogP contribution in [0, 0.1) is 0 Å². The molecule has 1 aliphatic rings. The van der Waals surface area contributed by atoms with Gasteiger partial charge in [0.1, 0.15) is 0 Å². The molecule has 2 rings (SSSR count). The van der Waals surface area contributed by atoms with Crippen molar-refractivity contribution < 1.29 is 9.59 Å². The lowest BCUT2D eigenvalue weighted by Gasteiger charge is -2.32. The lowest BCUT2D eigenvalue weighted by Crippen LogP contribution is -2.44. The fraction of sp³-hybridized carbons (Fsp3) is 0.583. The Kier molecular flexibility index (Phi) is 5.81. The van der Waals surface area contributed by atoms with Crippen molar-refractivity contribution in [3.05, 3.63) is 11.6 Å². The molecule has 1 unspecified atom stereocenters. The van der Waals surface area contributed by atoms with Gasteiger partial charge in [0, 0.05) is 29.9 Å². The lowest BCUT2D eigenvalue weighted by molar-refractivity contribution is -0.130. The molecule has 6 nitrogen and oxygen atoms in total. The zero-order valence-corrected chi connectivity index (χ0v) is 12.7. The second-order valence-corrected chi connectivity index (χ2v) is 6.69. The van der Waals surface area contributed by atoms with Gasteiger partial charge in [-0.25, -0.2) is 4.98 Å². The Balaban J connectivity index is 1.73. The SMILES string of the molecule is NCC(=O)N1CCCC(SCC(=O)Nc2nccs2)C1. The Hall–Kier alpha value is -1.12. The molecule has 1 saturated heterocycles. The first-order valence-electron chi connectivity index (χ1n) is 6.48. The topological polar surface area (TPSA) is 88.3 Å². The summed E-state index contributed by atoms with van der Waals surface area (Å²) in [6.45, 7) is 1.52. The molecule has 2 amide bonds. The van der Waals surface area contributed by atoms with Crippen LogP contribution in [0.1, 0.15) is 12.8 Å². The Morgan fingerprint density at radius 2 is 2.45 bits per heavy atom. The van der Waals surface area contributed by atoms with Crippen molar-refractivity contribution in [2.75, 3.05) is 30.7 Å². The van der Waals surface area contributed by atoms with Gasteiger partial charge in [0.15, 0.2) is 5.13 Å². The number of hydrogen-bond acceptors (Lipinski definition) is 6. The summed E-state index contributed by atoms with van der Waals surface area (Å²) in [5, 5.41) is 5.50. The van der Waals surface area contributed by atoms with Gasteiger partial charge in [0.25, 0.3) is 0 Å². The van der Waals surface area contributed by atoms with Crippen molar-refractivity contribution in [3.8, 4) is 0 Å². The summed E-state index contributed by atoms with van der Waals surface area (Å²) in [5.41, 5.74) is 5.38. The Morgan fingerprint density at radius 1 is 1.60 bits per heavy atom. The zero-order chi connectivity index (χ0) is 14.4. The van der Waals surface area contributed by atoms with Crippen molar-refractivity contribution in [2.24, 2.45) is 5.73 Å². The van der Waals surface area contributed by atoms with Crippen LogP contribution < -0.4 is 11.1 Å². The largest absolute Gasteiger partial charge is 0.340 e. The first-order valence-corrected chi connectivity index (χ1v) is 8.40. The highest BCUT2D eigenvalue weighted by Crippen LogP contribution is 2.23. The lowest BCUT2D eigenvalue weighted by atomic mass is 10.1. The first kappa shape index (κ1) is 15.3. The van der Waals surface area contributed by atoms with E-state index in [1.54, 1.807) is 22.9 Å². The van der Waals surface area contributed by atoms with E-state index in [-0.39, 0.29) is 18.4 Å². The molecule has 1 aliphatic heterocycles. The summed E-state index contributed by atoms with van der Waals surface area (Å²) in [6, 6.07) is 0. The predicted molar refractivity (Wildman–Crippen MR) is 81.9 cm³/mol. The minimum absolute atomic E-state index is 0.0115. The minimum Gasteiger partial charge on any atom is -0.340 e. The number of carbonyl (C=O) groups excluding carboxylic acids is 2. The maximum absolute atomic E-state index is 11.8. The normalized spacial score (nSPS) is 18.9. The van der Waals surface area contributed by atoms with Gasteiger partial charge in [0.2, 0.25) is 11.8 Å². The average molecular weight is 314 g/mol. The van der Waals surface area contributed by atoms with Crippen molar-refractivity contribution in [2.45, 2.75) is 18.1 Å². The van der Waals surface area contributed by atoms with Gasteiger partial charge >= 0.3 is 0 Å². The van der Waals surface area contributed by atoms with Gasteiger partial charge in [-0.1, -0.05) is 0 Å². The minimum atomic E-state index is -0.0489. The molecular weight excluding hydrogens is 296 g/mol. The molecule has 1 fully saturated rings. The fourth-order valence-electron chi connectivity index (χ4n) is 2.06. The maximum atomic E-state index is 11.8. The second-order valence-electron chi connectivity index (χ2n) is 4.50. The smallest absolute Gasteiger partial charge is 0.236 e. The Bertz CT molecular complexity index is 452. The molecule has 8 heteroatoms. The number of hydrogen-bond donors (Lipinski definition) is 2. The third kappa shape index (κ3) is 4.46. The van der Waals surface area contributed by atoms with Gasteiger partial charge in [-0.15, -0.1) is 23.1 Å². The molecule has 1 aromatic heterocycles. The molecule has 3 N–H and O–H groups in total. The molecule has 1 atom stereocenters. The molecular formula is C12H18N4O2S2. The first-order chi connectivity index (χ1) is 9.69. The monoisotopic (exact) mass is 314 g/mol. The third-order valence-corrected chi connectivity index (χ3v) is 5.01. The summed E-state index contributed by atoms with van der Waals surface area (Å²) in [6.07, 6.45) is 3.66. The van der Waals surface area contributed by atoms with E-state index in [4.69, 9.17) is 5.73 Å². The summed E-state index contributed by atoms with van der Waals surface area (Å²) in [7, 11) is 0. The molecule has 0 bridgehead atoms. The highest BCUT2D eigenvalue weighted by molar-refractivity contribution is 8.00. The molecule has 20 heavy (non-hydrogen) atoms. The highest BCUT2D eigenvalue weighted by atomic mass is 32.2. The molecule has 110 valence electrons. The van der Waals surface area contributed by atoms with Gasteiger partial charge in [-0.05, 0) is 12.8 Å². The molecule has 0 aromatic carbocycles. The number of likely N-dealkylation sites (tertiary alicyclic amines) is 1. The number of aromatic nitrogens is 1. The number of rotatable bonds is 5. The molecule has 0 aliphatic carbocycles. The number of thiazole rings is 1. The van der Waals surface area contributed by atoms with Crippen LogP contribution in [-0.4, -0.2) is 52.3 Å². The number of nitrogens with one attached hydrogen (secondary N) is 1. The quantitative estimate of drug-likeness (QED) is 0.838. The fourth-order valence-corrected chi connectivity index (χ4v) is 3.69. The van der Waals surface area contributed by atoms with Crippen LogP contribution >= 0.6 is 23.1 Å². The molecule has 1 aromatic rings. The van der Waals surface area contributed by atoms with Crippen LogP contribution in [0.2, 0.25) is 0 Å².